The van der Waals surface area contributed by atoms with E-state index in [9.17, 15) is 18.0 Å². The molecule has 0 saturated carbocycles. The van der Waals surface area contributed by atoms with Gasteiger partial charge in [0.1, 0.15) is 0 Å². The monoisotopic (exact) mass is 454 g/mol. The standard InChI is InChI=1S/C25H25F3N4O/c1-16-9-10-18(12-17(16)2)21-7-3-4-8-22(21)23(33)32-11-5-6-20(15-32)31-24-29-13-19(14-30-24)25(26,27)28/h3-4,7-10,12-14,20H,5-6,11,15H2,1-2H3,(H,29,30,31)/t20-/m1/s1. The molecule has 1 saturated heterocycles. The van der Waals surface area contributed by atoms with Crippen LogP contribution in [-0.4, -0.2) is 39.9 Å². The number of halogens is 3. The van der Waals surface area contributed by atoms with Gasteiger partial charge < -0.3 is 10.2 Å². The molecule has 0 bridgehead atoms. The molecule has 1 N–H and O–H groups in total. The number of amides is 1. The molecule has 1 aliphatic heterocycles. The highest BCUT2D eigenvalue weighted by Crippen LogP contribution is 2.29. The fraction of sp³-hybridized carbons (Fsp3) is 0.320. The second-order valence-corrected chi connectivity index (χ2v) is 8.37. The molecule has 1 amide bonds. The highest BCUT2D eigenvalue weighted by Gasteiger charge is 2.32. The Morgan fingerprint density at radius 2 is 1.79 bits per heavy atom. The molecular formula is C25H25F3N4O. The summed E-state index contributed by atoms with van der Waals surface area (Å²) in [5.41, 5.74) is 3.97. The number of carbonyl (C=O) groups excluding carboxylic acids is 1. The van der Waals surface area contributed by atoms with E-state index in [0.717, 1.165) is 41.9 Å². The van der Waals surface area contributed by atoms with Gasteiger partial charge in [0.15, 0.2) is 0 Å². The molecule has 2 heterocycles. The lowest BCUT2D eigenvalue weighted by Crippen LogP contribution is -2.45. The molecule has 5 nitrogen and oxygen atoms in total. The van der Waals surface area contributed by atoms with Gasteiger partial charge in [0, 0.05) is 37.1 Å². The van der Waals surface area contributed by atoms with Gasteiger partial charge in [-0.1, -0.05) is 36.4 Å². The number of benzene rings is 2. The molecule has 1 fully saturated rings. The van der Waals surface area contributed by atoms with Crippen molar-refractivity contribution in [2.45, 2.75) is 38.9 Å². The molecule has 4 rings (SSSR count). The van der Waals surface area contributed by atoms with Gasteiger partial charge in [-0.05, 0) is 55.0 Å². The lowest BCUT2D eigenvalue weighted by Gasteiger charge is -2.33. The third kappa shape index (κ3) is 5.16. The van der Waals surface area contributed by atoms with Crippen molar-refractivity contribution >= 4 is 11.9 Å². The minimum absolute atomic E-state index is 0.0661. The first-order chi connectivity index (χ1) is 15.7. The number of anilines is 1. The number of piperidine rings is 1. The molecule has 0 aliphatic carbocycles. The SMILES string of the molecule is Cc1ccc(-c2ccccc2C(=O)N2CCC[C@@H](Nc3ncc(C(F)(F)F)cn3)C2)cc1C. The first-order valence-corrected chi connectivity index (χ1v) is 10.8. The Labute approximate surface area is 190 Å². The normalized spacial score (nSPS) is 16.5. The molecule has 1 aliphatic rings. The van der Waals surface area contributed by atoms with Gasteiger partial charge in [-0.15, -0.1) is 0 Å². The van der Waals surface area contributed by atoms with Crippen LogP contribution in [0.2, 0.25) is 0 Å². The van der Waals surface area contributed by atoms with Crippen LogP contribution in [0.3, 0.4) is 0 Å². The van der Waals surface area contributed by atoms with E-state index in [-0.39, 0.29) is 17.9 Å². The second-order valence-electron chi connectivity index (χ2n) is 8.37. The number of nitrogens with zero attached hydrogens (tertiary/aromatic N) is 3. The first-order valence-electron chi connectivity index (χ1n) is 10.8. The van der Waals surface area contributed by atoms with Crippen molar-refractivity contribution in [1.82, 2.24) is 14.9 Å². The Kier molecular flexibility index (Phi) is 6.35. The zero-order valence-corrected chi connectivity index (χ0v) is 18.5. The molecule has 8 heteroatoms. The maximum atomic E-state index is 13.4. The zero-order chi connectivity index (χ0) is 23.6. The van der Waals surface area contributed by atoms with E-state index in [1.165, 1.54) is 5.56 Å². The van der Waals surface area contributed by atoms with Crippen LogP contribution in [-0.2, 0) is 6.18 Å². The topological polar surface area (TPSA) is 58.1 Å². The van der Waals surface area contributed by atoms with Gasteiger partial charge in [0.25, 0.3) is 5.91 Å². The Morgan fingerprint density at radius 3 is 2.48 bits per heavy atom. The van der Waals surface area contributed by atoms with Gasteiger partial charge in [0.05, 0.1) is 5.56 Å². The fourth-order valence-electron chi connectivity index (χ4n) is 4.01. The Balaban J connectivity index is 1.50. The lowest BCUT2D eigenvalue weighted by atomic mass is 9.95. The smallest absolute Gasteiger partial charge is 0.350 e. The number of hydrogen-bond acceptors (Lipinski definition) is 4. The summed E-state index contributed by atoms with van der Waals surface area (Å²) in [6.07, 6.45) is -1.40. The maximum absolute atomic E-state index is 13.4. The van der Waals surface area contributed by atoms with Crippen molar-refractivity contribution in [3.63, 3.8) is 0 Å². The van der Waals surface area contributed by atoms with Crippen LogP contribution in [0, 0.1) is 13.8 Å². The van der Waals surface area contributed by atoms with Gasteiger partial charge in [0.2, 0.25) is 5.95 Å². The maximum Gasteiger partial charge on any atom is 0.419 e. The number of nitrogens with one attached hydrogen (secondary N) is 1. The van der Waals surface area contributed by atoms with E-state index in [0.29, 0.717) is 18.7 Å². The number of likely N-dealkylation sites (tertiary alicyclic amines) is 1. The van der Waals surface area contributed by atoms with E-state index < -0.39 is 11.7 Å². The second kappa shape index (κ2) is 9.21. The van der Waals surface area contributed by atoms with E-state index in [1.54, 1.807) is 4.90 Å². The predicted octanol–water partition coefficient (Wildman–Crippen LogP) is 5.50. The molecule has 3 aromatic rings. The summed E-state index contributed by atoms with van der Waals surface area (Å²) in [6.45, 7) is 5.14. The minimum Gasteiger partial charge on any atom is -0.350 e. The molecule has 1 atom stereocenters. The average Bonchev–Trinajstić information content (AvgIpc) is 2.80. The number of aromatic nitrogens is 2. The first kappa shape index (κ1) is 22.8. The number of rotatable bonds is 4. The quantitative estimate of drug-likeness (QED) is 0.566. The summed E-state index contributed by atoms with van der Waals surface area (Å²) in [5, 5.41) is 3.07. The summed E-state index contributed by atoms with van der Waals surface area (Å²) in [5.74, 6) is 0.0569. The number of aryl methyl sites for hydroxylation is 2. The number of carbonyl (C=O) groups is 1. The van der Waals surface area contributed by atoms with Gasteiger partial charge in [-0.25, -0.2) is 9.97 Å². The van der Waals surface area contributed by atoms with E-state index in [1.807, 2.05) is 37.3 Å². The van der Waals surface area contributed by atoms with Crippen LogP contribution in [0.1, 0.15) is 39.9 Å². The van der Waals surface area contributed by atoms with Gasteiger partial charge in [-0.3, -0.25) is 4.79 Å². The van der Waals surface area contributed by atoms with E-state index in [2.05, 4.69) is 34.3 Å². The molecule has 0 radical (unpaired) electrons. The third-order valence-corrected chi connectivity index (χ3v) is 6.00. The highest BCUT2D eigenvalue weighted by molar-refractivity contribution is 6.01. The molecule has 0 unspecified atom stereocenters. The lowest BCUT2D eigenvalue weighted by molar-refractivity contribution is -0.138. The summed E-state index contributed by atoms with van der Waals surface area (Å²) in [6, 6.07) is 13.6. The summed E-state index contributed by atoms with van der Waals surface area (Å²) in [4.78, 5) is 22.8. The van der Waals surface area contributed by atoms with Crippen LogP contribution in [0.4, 0.5) is 19.1 Å². The number of hydrogen-bond donors (Lipinski definition) is 1. The van der Waals surface area contributed by atoms with Crippen molar-refractivity contribution in [3.8, 4) is 11.1 Å². The van der Waals surface area contributed by atoms with Crippen LogP contribution >= 0.6 is 0 Å². The van der Waals surface area contributed by atoms with Crippen molar-refractivity contribution in [1.29, 1.82) is 0 Å². The summed E-state index contributed by atoms with van der Waals surface area (Å²) < 4.78 is 38.2. The fourth-order valence-corrected chi connectivity index (χ4v) is 4.01. The van der Waals surface area contributed by atoms with Crippen molar-refractivity contribution < 1.29 is 18.0 Å². The van der Waals surface area contributed by atoms with Crippen molar-refractivity contribution in [3.05, 3.63) is 77.1 Å². The van der Waals surface area contributed by atoms with Crippen molar-refractivity contribution in [2.24, 2.45) is 0 Å². The molecule has 0 spiro atoms. The van der Waals surface area contributed by atoms with Crippen molar-refractivity contribution in [2.75, 3.05) is 18.4 Å². The highest BCUT2D eigenvalue weighted by atomic mass is 19.4. The number of alkyl halides is 3. The molecule has 33 heavy (non-hydrogen) atoms. The third-order valence-electron chi connectivity index (χ3n) is 6.00. The van der Waals surface area contributed by atoms with Crippen LogP contribution < -0.4 is 5.32 Å². The van der Waals surface area contributed by atoms with Crippen LogP contribution in [0.5, 0.6) is 0 Å². The Morgan fingerprint density at radius 1 is 1.06 bits per heavy atom. The van der Waals surface area contributed by atoms with Crippen LogP contribution in [0.25, 0.3) is 11.1 Å². The van der Waals surface area contributed by atoms with Crippen LogP contribution in [0.15, 0.2) is 54.9 Å². The Hall–Kier alpha value is -3.42. The molecule has 2 aromatic carbocycles. The zero-order valence-electron chi connectivity index (χ0n) is 18.5. The predicted molar refractivity (Wildman–Crippen MR) is 121 cm³/mol. The van der Waals surface area contributed by atoms with E-state index >= 15 is 0 Å². The summed E-state index contributed by atoms with van der Waals surface area (Å²) in [7, 11) is 0. The Bertz CT molecular complexity index is 1150. The molecular weight excluding hydrogens is 429 g/mol. The van der Waals surface area contributed by atoms with Gasteiger partial charge >= 0.3 is 6.18 Å². The summed E-state index contributed by atoms with van der Waals surface area (Å²) >= 11 is 0. The average molecular weight is 454 g/mol. The molecule has 1 aromatic heterocycles. The van der Waals surface area contributed by atoms with Gasteiger partial charge in [-0.2, -0.15) is 13.2 Å². The van der Waals surface area contributed by atoms with E-state index in [4.69, 9.17) is 0 Å². The largest absolute Gasteiger partial charge is 0.419 e. The minimum atomic E-state index is -4.48. The molecule has 172 valence electrons.